The van der Waals surface area contributed by atoms with Gasteiger partial charge in [-0.05, 0) is 16.3 Å². The van der Waals surface area contributed by atoms with Crippen molar-refractivity contribution in [2.75, 3.05) is 0 Å². The molecule has 4 aromatic carbocycles. The van der Waals surface area contributed by atoms with Gasteiger partial charge in [-0.1, -0.05) is 65.9 Å². The molecule has 0 unspecified atom stereocenters. The molecule has 0 N–H and O–H groups in total. The summed E-state index contributed by atoms with van der Waals surface area (Å²) in [7, 11) is 0. The Hall–Kier alpha value is -3.80. The first-order valence-corrected chi connectivity index (χ1v) is 8.58. The van der Waals surface area contributed by atoms with Crippen LogP contribution in [0, 0.1) is 10.1 Å². The van der Waals surface area contributed by atoms with Crippen LogP contribution in [0.2, 0.25) is 0 Å². The van der Waals surface area contributed by atoms with E-state index in [2.05, 4.69) is 34.6 Å². The Morgan fingerprint density at radius 1 is 0.815 bits per heavy atom. The van der Waals surface area contributed by atoms with Crippen molar-refractivity contribution >= 4 is 38.3 Å². The lowest BCUT2D eigenvalue weighted by atomic mass is 10.00. The maximum Gasteiger partial charge on any atom is 0.269 e. The fourth-order valence-electron chi connectivity index (χ4n) is 3.62. The van der Waals surface area contributed by atoms with Crippen molar-refractivity contribution in [3.05, 3.63) is 88.5 Å². The number of nitro groups is 1. The highest BCUT2D eigenvalue weighted by Crippen LogP contribution is 2.33. The van der Waals surface area contributed by atoms with Crippen LogP contribution in [0.1, 0.15) is 5.56 Å². The number of non-ortho nitro benzene ring substituents is 1. The summed E-state index contributed by atoms with van der Waals surface area (Å²) >= 11 is 0. The summed E-state index contributed by atoms with van der Waals surface area (Å²) in [5, 5.41) is 24.2. The monoisotopic (exact) mass is 354 g/mol. The predicted octanol–water partition coefficient (Wildman–Crippen LogP) is 4.69. The molecule has 0 saturated heterocycles. The molecule has 6 nitrogen and oxygen atoms in total. The highest BCUT2D eigenvalue weighted by molar-refractivity contribution is 6.23. The number of hydrogen-bond acceptors (Lipinski definition) is 4. The average Bonchev–Trinajstić information content (AvgIpc) is 3.13. The lowest BCUT2D eigenvalue weighted by Gasteiger charge is -2.08. The molecule has 0 amide bonds. The van der Waals surface area contributed by atoms with Gasteiger partial charge in [0, 0.05) is 22.9 Å². The summed E-state index contributed by atoms with van der Waals surface area (Å²) in [6, 6.07) is 23.0. The predicted molar refractivity (Wildman–Crippen MR) is 105 cm³/mol. The van der Waals surface area contributed by atoms with Gasteiger partial charge in [-0.25, -0.2) is 4.68 Å². The molecule has 130 valence electrons. The second kappa shape index (κ2) is 5.88. The quantitative estimate of drug-likeness (QED) is 0.267. The zero-order valence-electron chi connectivity index (χ0n) is 14.2. The first-order chi connectivity index (χ1) is 13.2. The van der Waals surface area contributed by atoms with Crippen LogP contribution in [0.15, 0.2) is 72.8 Å². The van der Waals surface area contributed by atoms with Crippen molar-refractivity contribution in [1.29, 1.82) is 0 Å². The topological polar surface area (TPSA) is 73.8 Å². The van der Waals surface area contributed by atoms with Crippen LogP contribution in [0.4, 0.5) is 5.69 Å². The molecule has 0 atom stereocenters. The molecule has 5 aromatic rings. The summed E-state index contributed by atoms with van der Waals surface area (Å²) in [5.41, 5.74) is 2.86. The van der Waals surface area contributed by atoms with E-state index < -0.39 is 4.92 Å². The summed E-state index contributed by atoms with van der Waals surface area (Å²) in [5.74, 6) is 0. The number of benzene rings is 4. The minimum Gasteiger partial charge on any atom is -0.258 e. The van der Waals surface area contributed by atoms with E-state index in [-0.39, 0.29) is 5.69 Å². The van der Waals surface area contributed by atoms with Gasteiger partial charge >= 0.3 is 0 Å². The van der Waals surface area contributed by atoms with Gasteiger partial charge in [0.05, 0.1) is 17.0 Å². The minimum absolute atomic E-state index is 0.0821. The molecule has 27 heavy (non-hydrogen) atoms. The Balaban J connectivity index is 1.73. The Bertz CT molecular complexity index is 1320. The van der Waals surface area contributed by atoms with E-state index >= 15 is 0 Å². The number of fused-ring (bicyclic) bond motifs is 6. The number of rotatable bonds is 3. The molecule has 1 aromatic heterocycles. The van der Waals surface area contributed by atoms with E-state index in [0.717, 1.165) is 38.1 Å². The van der Waals surface area contributed by atoms with Gasteiger partial charge in [-0.3, -0.25) is 10.1 Å². The zero-order valence-corrected chi connectivity index (χ0v) is 14.2. The molecule has 5 rings (SSSR count). The number of nitro benzene ring substituents is 1. The molecular weight excluding hydrogens is 340 g/mol. The molecule has 0 aliphatic heterocycles. The number of nitrogens with zero attached hydrogens (tertiary/aromatic N) is 4. The van der Waals surface area contributed by atoms with Crippen LogP contribution in [-0.2, 0) is 6.54 Å². The molecule has 0 fully saturated rings. The van der Waals surface area contributed by atoms with Crippen LogP contribution in [0.25, 0.3) is 32.6 Å². The smallest absolute Gasteiger partial charge is 0.258 e. The van der Waals surface area contributed by atoms with E-state index in [1.165, 1.54) is 12.1 Å². The van der Waals surface area contributed by atoms with Gasteiger partial charge in [-0.2, -0.15) is 0 Å². The second-order valence-electron chi connectivity index (χ2n) is 6.46. The van der Waals surface area contributed by atoms with Crippen molar-refractivity contribution in [3.8, 4) is 0 Å². The van der Waals surface area contributed by atoms with Crippen molar-refractivity contribution < 1.29 is 4.92 Å². The third-order valence-corrected chi connectivity index (χ3v) is 4.87. The van der Waals surface area contributed by atoms with Crippen molar-refractivity contribution in [1.82, 2.24) is 15.0 Å². The number of hydrogen-bond donors (Lipinski definition) is 0. The largest absolute Gasteiger partial charge is 0.269 e. The molecule has 0 bridgehead atoms. The van der Waals surface area contributed by atoms with Crippen LogP contribution in [0.5, 0.6) is 0 Å². The SMILES string of the molecule is O=[N+]([O-])c1ccc(Cn2nnc3c4ccccc4c4ccccc4c32)cc1. The van der Waals surface area contributed by atoms with E-state index in [9.17, 15) is 10.1 Å². The normalized spacial score (nSPS) is 11.4. The second-order valence-corrected chi connectivity index (χ2v) is 6.46. The van der Waals surface area contributed by atoms with Gasteiger partial charge in [0.15, 0.2) is 0 Å². The van der Waals surface area contributed by atoms with Crippen LogP contribution >= 0.6 is 0 Å². The third kappa shape index (κ3) is 2.42. The summed E-state index contributed by atoms with van der Waals surface area (Å²) in [6.07, 6.45) is 0. The van der Waals surface area contributed by atoms with E-state index in [1.807, 2.05) is 28.9 Å². The Morgan fingerprint density at radius 2 is 1.41 bits per heavy atom. The fourth-order valence-corrected chi connectivity index (χ4v) is 3.62. The molecular formula is C21H14N4O2. The first kappa shape index (κ1) is 15.5. The summed E-state index contributed by atoms with van der Waals surface area (Å²) in [6.45, 7) is 0.497. The highest BCUT2D eigenvalue weighted by Gasteiger charge is 2.14. The van der Waals surface area contributed by atoms with Crippen molar-refractivity contribution in [2.24, 2.45) is 0 Å². The highest BCUT2D eigenvalue weighted by atomic mass is 16.6. The molecule has 0 saturated carbocycles. The molecule has 6 heteroatoms. The van der Waals surface area contributed by atoms with Gasteiger partial charge in [0.2, 0.25) is 0 Å². The lowest BCUT2D eigenvalue weighted by molar-refractivity contribution is -0.384. The van der Waals surface area contributed by atoms with Crippen LogP contribution < -0.4 is 0 Å². The maximum absolute atomic E-state index is 10.9. The standard InChI is InChI=1S/C21H14N4O2/c26-25(27)15-11-9-14(10-12-15)13-24-21-19-8-4-2-6-17(19)16-5-1-3-7-18(16)20(21)22-23-24/h1-12H,13H2. The average molecular weight is 354 g/mol. The molecule has 0 aliphatic rings. The van der Waals surface area contributed by atoms with Gasteiger partial charge in [0.25, 0.3) is 5.69 Å². The first-order valence-electron chi connectivity index (χ1n) is 8.58. The zero-order chi connectivity index (χ0) is 18.4. The molecule has 1 heterocycles. The summed E-state index contributed by atoms with van der Waals surface area (Å²) in [4.78, 5) is 10.5. The van der Waals surface area contributed by atoms with Crippen LogP contribution in [0.3, 0.4) is 0 Å². The van der Waals surface area contributed by atoms with E-state index in [0.29, 0.717) is 6.54 Å². The van der Waals surface area contributed by atoms with Gasteiger partial charge in [-0.15, -0.1) is 5.10 Å². The summed E-state index contributed by atoms with van der Waals surface area (Å²) < 4.78 is 1.87. The van der Waals surface area contributed by atoms with E-state index in [4.69, 9.17) is 0 Å². The molecule has 0 aliphatic carbocycles. The van der Waals surface area contributed by atoms with Crippen LogP contribution in [-0.4, -0.2) is 19.9 Å². The lowest BCUT2D eigenvalue weighted by Crippen LogP contribution is -2.02. The number of aromatic nitrogens is 3. The van der Waals surface area contributed by atoms with Crippen molar-refractivity contribution in [3.63, 3.8) is 0 Å². The molecule has 0 radical (unpaired) electrons. The van der Waals surface area contributed by atoms with Crippen molar-refractivity contribution in [2.45, 2.75) is 6.54 Å². The minimum atomic E-state index is -0.395. The van der Waals surface area contributed by atoms with Gasteiger partial charge in [0.1, 0.15) is 5.52 Å². The Kier molecular flexibility index (Phi) is 3.36. The Labute approximate surface area is 153 Å². The van der Waals surface area contributed by atoms with E-state index in [1.54, 1.807) is 12.1 Å². The maximum atomic E-state index is 10.9. The third-order valence-electron chi connectivity index (χ3n) is 4.87. The Morgan fingerprint density at radius 3 is 2.07 bits per heavy atom. The fraction of sp³-hybridized carbons (Fsp3) is 0.0476. The van der Waals surface area contributed by atoms with Gasteiger partial charge < -0.3 is 0 Å². The molecule has 0 spiro atoms.